The van der Waals surface area contributed by atoms with E-state index in [0.29, 0.717) is 11.4 Å². The van der Waals surface area contributed by atoms with E-state index in [1.54, 1.807) is 11.3 Å². The molecule has 3 rings (SSSR count). The highest BCUT2D eigenvalue weighted by Gasteiger charge is 2.13. The van der Waals surface area contributed by atoms with Crippen molar-refractivity contribution >= 4 is 29.2 Å². The fraction of sp³-hybridized carbons (Fsp3) is 0.0588. The zero-order valence-corrected chi connectivity index (χ0v) is 12.7. The number of aromatic nitrogens is 1. The first-order valence-corrected chi connectivity index (χ1v) is 7.72. The number of carbonyl (C=O) groups is 1. The number of aldehydes is 1. The number of hydrogen-bond acceptors (Lipinski definition) is 3. The molecule has 0 radical (unpaired) electrons. The highest BCUT2D eigenvalue weighted by atomic mass is 35.5. The molecule has 1 aromatic heterocycles. The van der Waals surface area contributed by atoms with E-state index in [-0.39, 0.29) is 0 Å². The second kappa shape index (κ2) is 6.20. The number of thiazole rings is 1. The first kappa shape index (κ1) is 14.0. The molecule has 0 saturated heterocycles. The van der Waals surface area contributed by atoms with Crippen LogP contribution < -0.4 is 0 Å². The molecule has 1 heterocycles. The Morgan fingerprint density at radius 3 is 2.38 bits per heavy atom. The van der Waals surface area contributed by atoms with E-state index in [1.165, 1.54) is 0 Å². The van der Waals surface area contributed by atoms with E-state index < -0.39 is 0 Å². The molecule has 0 aliphatic carbocycles. The Bertz CT molecular complexity index is 750. The molecule has 0 saturated carbocycles. The lowest BCUT2D eigenvalue weighted by atomic mass is 10.1. The maximum atomic E-state index is 10.9. The van der Waals surface area contributed by atoms with E-state index >= 15 is 0 Å². The lowest BCUT2D eigenvalue weighted by Crippen LogP contribution is -1.86. The summed E-state index contributed by atoms with van der Waals surface area (Å²) in [5.74, 6) is 0. The van der Waals surface area contributed by atoms with Gasteiger partial charge in [-0.15, -0.1) is 11.3 Å². The molecular weight excluding hydrogens is 302 g/mol. The number of benzene rings is 2. The predicted octanol–water partition coefficient (Wildman–Crippen LogP) is 4.87. The Hall–Kier alpha value is -1.97. The van der Waals surface area contributed by atoms with Gasteiger partial charge in [-0.2, -0.15) is 0 Å². The molecule has 0 bridgehead atoms. The maximum absolute atomic E-state index is 10.9. The zero-order valence-electron chi connectivity index (χ0n) is 11.1. The quantitative estimate of drug-likeness (QED) is 0.643. The third kappa shape index (κ3) is 3.04. The molecule has 0 atom stereocenters. The molecule has 0 aliphatic heterocycles. The van der Waals surface area contributed by atoms with Gasteiger partial charge >= 0.3 is 0 Å². The van der Waals surface area contributed by atoms with E-state index in [2.05, 4.69) is 0 Å². The summed E-state index contributed by atoms with van der Waals surface area (Å²) in [5, 5.41) is 1.62. The summed E-state index contributed by atoms with van der Waals surface area (Å²) in [4.78, 5) is 16.6. The summed E-state index contributed by atoms with van der Waals surface area (Å²) >= 11 is 7.49. The molecule has 0 fully saturated rings. The number of rotatable bonds is 4. The van der Waals surface area contributed by atoms with Gasteiger partial charge in [-0.05, 0) is 12.1 Å². The SMILES string of the molecule is O=CCc1sc(-c2ccccc2)nc1-c1ccc(Cl)cc1. The van der Waals surface area contributed by atoms with Crippen LogP contribution in [0.3, 0.4) is 0 Å². The molecule has 3 aromatic rings. The second-order valence-corrected chi connectivity index (χ2v) is 6.05. The molecule has 0 spiro atoms. The van der Waals surface area contributed by atoms with Gasteiger partial charge in [-0.25, -0.2) is 4.98 Å². The van der Waals surface area contributed by atoms with Crippen molar-refractivity contribution in [2.24, 2.45) is 0 Å². The van der Waals surface area contributed by atoms with Crippen LogP contribution in [0.25, 0.3) is 21.8 Å². The largest absolute Gasteiger partial charge is 0.303 e. The molecule has 0 amide bonds. The highest BCUT2D eigenvalue weighted by Crippen LogP contribution is 2.34. The van der Waals surface area contributed by atoms with E-state index in [4.69, 9.17) is 16.6 Å². The number of nitrogens with zero attached hydrogens (tertiary/aromatic N) is 1. The van der Waals surface area contributed by atoms with Gasteiger partial charge < -0.3 is 4.79 Å². The summed E-state index contributed by atoms with van der Waals surface area (Å²) in [6.45, 7) is 0. The fourth-order valence-corrected chi connectivity index (χ4v) is 3.27. The standard InChI is InChI=1S/C17H12ClNOS/c18-14-8-6-12(7-9-14)16-15(10-11-20)21-17(19-16)13-4-2-1-3-5-13/h1-9,11H,10H2. The molecule has 2 aromatic carbocycles. The van der Waals surface area contributed by atoms with Crippen LogP contribution in [0.5, 0.6) is 0 Å². The van der Waals surface area contributed by atoms with Crippen LogP contribution in [-0.4, -0.2) is 11.3 Å². The van der Waals surface area contributed by atoms with E-state index in [9.17, 15) is 4.79 Å². The summed E-state index contributed by atoms with van der Waals surface area (Å²) in [5.41, 5.74) is 2.91. The van der Waals surface area contributed by atoms with E-state index in [0.717, 1.165) is 33.0 Å². The molecule has 4 heteroatoms. The Labute approximate surface area is 132 Å². The summed E-state index contributed by atoms with van der Waals surface area (Å²) in [7, 11) is 0. The van der Waals surface area contributed by atoms with Gasteiger partial charge in [0.25, 0.3) is 0 Å². The normalized spacial score (nSPS) is 10.5. The molecule has 2 nitrogen and oxygen atoms in total. The molecule has 104 valence electrons. The van der Waals surface area contributed by atoms with Gasteiger partial charge in [0.15, 0.2) is 0 Å². The van der Waals surface area contributed by atoms with Crippen LogP contribution in [-0.2, 0) is 11.2 Å². The average Bonchev–Trinajstić information content (AvgIpc) is 2.93. The first-order chi connectivity index (χ1) is 10.3. The molecule has 0 aliphatic rings. The van der Waals surface area contributed by atoms with Gasteiger partial charge in [0.1, 0.15) is 11.3 Å². The van der Waals surface area contributed by atoms with Crippen molar-refractivity contribution in [3.05, 3.63) is 64.5 Å². The van der Waals surface area contributed by atoms with Crippen molar-refractivity contribution < 1.29 is 4.79 Å². The van der Waals surface area contributed by atoms with E-state index in [1.807, 2.05) is 54.6 Å². The monoisotopic (exact) mass is 313 g/mol. The zero-order chi connectivity index (χ0) is 14.7. The molecule has 21 heavy (non-hydrogen) atoms. The van der Waals surface area contributed by atoms with Gasteiger partial charge in [-0.3, -0.25) is 0 Å². The lowest BCUT2D eigenvalue weighted by molar-refractivity contribution is -0.107. The van der Waals surface area contributed by atoms with Gasteiger partial charge in [0.2, 0.25) is 0 Å². The Morgan fingerprint density at radius 1 is 1.00 bits per heavy atom. The highest BCUT2D eigenvalue weighted by molar-refractivity contribution is 7.15. The third-order valence-electron chi connectivity index (χ3n) is 3.10. The molecule has 0 N–H and O–H groups in total. The maximum Gasteiger partial charge on any atom is 0.125 e. The van der Waals surface area contributed by atoms with Crippen molar-refractivity contribution in [2.75, 3.05) is 0 Å². The smallest absolute Gasteiger partial charge is 0.125 e. The lowest BCUT2D eigenvalue weighted by Gasteiger charge is -1.99. The second-order valence-electron chi connectivity index (χ2n) is 4.53. The number of hydrogen-bond donors (Lipinski definition) is 0. The summed E-state index contributed by atoms with van der Waals surface area (Å²) < 4.78 is 0. The minimum atomic E-state index is 0.377. The number of halogens is 1. The fourth-order valence-electron chi connectivity index (χ4n) is 2.10. The van der Waals surface area contributed by atoms with Gasteiger partial charge in [0, 0.05) is 27.4 Å². The Balaban J connectivity index is 2.08. The predicted molar refractivity (Wildman–Crippen MR) is 87.8 cm³/mol. The van der Waals surface area contributed by atoms with Crippen LogP contribution >= 0.6 is 22.9 Å². The molecular formula is C17H12ClNOS. The Morgan fingerprint density at radius 2 is 1.71 bits per heavy atom. The van der Waals surface area contributed by atoms with Gasteiger partial charge in [0.05, 0.1) is 5.69 Å². The van der Waals surface area contributed by atoms with Crippen LogP contribution in [0.2, 0.25) is 5.02 Å². The van der Waals surface area contributed by atoms with Crippen molar-refractivity contribution in [1.29, 1.82) is 0 Å². The van der Waals surface area contributed by atoms with Crippen molar-refractivity contribution in [2.45, 2.75) is 6.42 Å². The topological polar surface area (TPSA) is 30.0 Å². The third-order valence-corrected chi connectivity index (χ3v) is 4.48. The first-order valence-electron chi connectivity index (χ1n) is 6.52. The molecule has 0 unspecified atom stereocenters. The van der Waals surface area contributed by atoms with Crippen molar-refractivity contribution in [3.63, 3.8) is 0 Å². The van der Waals surface area contributed by atoms with Crippen LogP contribution in [0.4, 0.5) is 0 Å². The van der Waals surface area contributed by atoms with Crippen LogP contribution in [0, 0.1) is 0 Å². The van der Waals surface area contributed by atoms with Crippen molar-refractivity contribution in [3.8, 4) is 21.8 Å². The van der Waals surface area contributed by atoms with Gasteiger partial charge in [-0.1, -0.05) is 54.1 Å². The van der Waals surface area contributed by atoms with Crippen LogP contribution in [0.1, 0.15) is 4.88 Å². The van der Waals surface area contributed by atoms with Crippen LogP contribution in [0.15, 0.2) is 54.6 Å². The minimum absolute atomic E-state index is 0.377. The summed E-state index contributed by atoms with van der Waals surface area (Å²) in [6, 6.07) is 17.5. The summed E-state index contributed by atoms with van der Waals surface area (Å²) in [6.07, 6.45) is 1.30. The minimum Gasteiger partial charge on any atom is -0.303 e. The van der Waals surface area contributed by atoms with Crippen molar-refractivity contribution in [1.82, 2.24) is 4.98 Å². The average molecular weight is 314 g/mol. The Kier molecular flexibility index (Phi) is 4.13. The number of carbonyl (C=O) groups excluding carboxylic acids is 1.